The van der Waals surface area contributed by atoms with Gasteiger partial charge in [0.2, 0.25) is 5.91 Å². The quantitative estimate of drug-likeness (QED) is 0.910. The Labute approximate surface area is 135 Å². The number of hydrogen-bond donors (Lipinski definition) is 2. The van der Waals surface area contributed by atoms with Crippen molar-refractivity contribution in [2.75, 3.05) is 23.8 Å². The minimum Gasteiger partial charge on any atom is -0.486 e. The Bertz CT molecular complexity index is 698. The van der Waals surface area contributed by atoms with Crippen molar-refractivity contribution in [3.63, 3.8) is 0 Å². The average molecular weight is 312 g/mol. The van der Waals surface area contributed by atoms with Gasteiger partial charge in [-0.15, -0.1) is 0 Å². The standard InChI is InChI=1S/C18H20N2O3/c1-12-3-5-14(6-4-12)19-13(2)18(21)20-15-7-8-16-17(11-15)23-10-9-22-16/h3-8,11,13,19H,9-10H2,1-2H3,(H,20,21)/t13-/m0/s1. The minimum atomic E-state index is -0.356. The van der Waals surface area contributed by atoms with Gasteiger partial charge in [-0.1, -0.05) is 17.7 Å². The maximum Gasteiger partial charge on any atom is 0.246 e. The van der Waals surface area contributed by atoms with Crippen LogP contribution in [0.2, 0.25) is 0 Å². The fourth-order valence-electron chi connectivity index (χ4n) is 2.34. The second kappa shape index (κ2) is 6.60. The molecule has 1 amide bonds. The van der Waals surface area contributed by atoms with Crippen LogP contribution in [-0.4, -0.2) is 25.2 Å². The lowest BCUT2D eigenvalue weighted by molar-refractivity contribution is -0.116. The molecule has 0 unspecified atom stereocenters. The van der Waals surface area contributed by atoms with Crippen LogP contribution in [0.1, 0.15) is 12.5 Å². The van der Waals surface area contributed by atoms with Crippen LogP contribution in [0.4, 0.5) is 11.4 Å². The third kappa shape index (κ3) is 3.74. The Balaban J connectivity index is 1.63. The first-order chi connectivity index (χ1) is 11.1. The van der Waals surface area contributed by atoms with Crippen LogP contribution >= 0.6 is 0 Å². The van der Waals surface area contributed by atoms with Crippen molar-refractivity contribution in [1.82, 2.24) is 0 Å². The number of rotatable bonds is 4. The third-order valence-electron chi connectivity index (χ3n) is 3.64. The smallest absolute Gasteiger partial charge is 0.246 e. The van der Waals surface area contributed by atoms with Gasteiger partial charge in [-0.3, -0.25) is 4.79 Å². The molecule has 3 rings (SSSR count). The molecule has 120 valence electrons. The molecule has 5 nitrogen and oxygen atoms in total. The molecular formula is C18H20N2O3. The van der Waals surface area contributed by atoms with Crippen LogP contribution in [0, 0.1) is 6.92 Å². The highest BCUT2D eigenvalue weighted by atomic mass is 16.6. The average Bonchev–Trinajstić information content (AvgIpc) is 2.56. The number of ether oxygens (including phenoxy) is 2. The topological polar surface area (TPSA) is 59.6 Å². The van der Waals surface area contributed by atoms with E-state index in [1.807, 2.05) is 50.2 Å². The number of hydrogen-bond acceptors (Lipinski definition) is 4. The van der Waals surface area contributed by atoms with E-state index in [4.69, 9.17) is 9.47 Å². The highest BCUT2D eigenvalue weighted by Crippen LogP contribution is 2.32. The Hall–Kier alpha value is -2.69. The lowest BCUT2D eigenvalue weighted by Crippen LogP contribution is -2.31. The molecule has 0 spiro atoms. The second-order valence-electron chi connectivity index (χ2n) is 5.58. The summed E-state index contributed by atoms with van der Waals surface area (Å²) < 4.78 is 11.0. The van der Waals surface area contributed by atoms with Gasteiger partial charge in [0.25, 0.3) is 0 Å². The normalized spacial score (nSPS) is 14.0. The SMILES string of the molecule is Cc1ccc(N[C@@H](C)C(=O)Nc2ccc3c(c2)OCCO3)cc1. The van der Waals surface area contributed by atoms with E-state index < -0.39 is 0 Å². The van der Waals surface area contributed by atoms with Gasteiger partial charge in [0.15, 0.2) is 11.5 Å². The first-order valence-electron chi connectivity index (χ1n) is 7.65. The molecule has 0 aromatic heterocycles. The van der Waals surface area contributed by atoms with Crippen molar-refractivity contribution >= 4 is 17.3 Å². The second-order valence-corrected chi connectivity index (χ2v) is 5.58. The molecule has 5 heteroatoms. The van der Waals surface area contributed by atoms with Gasteiger partial charge in [0, 0.05) is 17.4 Å². The van der Waals surface area contributed by atoms with Crippen LogP contribution in [-0.2, 0) is 4.79 Å². The molecule has 0 aliphatic carbocycles. The Morgan fingerprint density at radius 2 is 1.65 bits per heavy atom. The molecule has 1 aliphatic heterocycles. The van der Waals surface area contributed by atoms with E-state index in [9.17, 15) is 4.79 Å². The van der Waals surface area contributed by atoms with Crippen molar-refractivity contribution in [2.24, 2.45) is 0 Å². The monoisotopic (exact) mass is 312 g/mol. The number of aryl methyl sites for hydroxylation is 1. The van der Waals surface area contributed by atoms with Gasteiger partial charge in [-0.2, -0.15) is 0 Å². The predicted molar refractivity (Wildman–Crippen MR) is 90.3 cm³/mol. The third-order valence-corrected chi connectivity index (χ3v) is 3.64. The fraction of sp³-hybridized carbons (Fsp3) is 0.278. The van der Waals surface area contributed by atoms with Gasteiger partial charge in [0.1, 0.15) is 19.3 Å². The number of amides is 1. The molecule has 23 heavy (non-hydrogen) atoms. The summed E-state index contributed by atoms with van der Waals surface area (Å²) in [7, 11) is 0. The number of nitrogens with one attached hydrogen (secondary N) is 2. The zero-order chi connectivity index (χ0) is 16.2. The summed E-state index contributed by atoms with van der Waals surface area (Å²) >= 11 is 0. The van der Waals surface area contributed by atoms with E-state index in [-0.39, 0.29) is 11.9 Å². The Morgan fingerprint density at radius 3 is 2.39 bits per heavy atom. The summed E-state index contributed by atoms with van der Waals surface area (Å²) in [4.78, 5) is 12.3. The fourth-order valence-corrected chi connectivity index (χ4v) is 2.34. The summed E-state index contributed by atoms with van der Waals surface area (Å²) in [6, 6.07) is 13.0. The number of benzene rings is 2. The molecule has 0 saturated heterocycles. The zero-order valence-corrected chi connectivity index (χ0v) is 13.3. The van der Waals surface area contributed by atoms with E-state index in [0.717, 1.165) is 5.69 Å². The molecule has 0 bridgehead atoms. The summed E-state index contributed by atoms with van der Waals surface area (Å²) in [5.74, 6) is 1.26. The molecule has 2 aromatic rings. The molecule has 2 aromatic carbocycles. The van der Waals surface area contributed by atoms with Crippen molar-refractivity contribution in [3.8, 4) is 11.5 Å². The number of anilines is 2. The Kier molecular flexibility index (Phi) is 4.37. The van der Waals surface area contributed by atoms with Gasteiger partial charge in [-0.25, -0.2) is 0 Å². The lowest BCUT2D eigenvalue weighted by Gasteiger charge is -2.20. The maximum absolute atomic E-state index is 12.3. The van der Waals surface area contributed by atoms with E-state index in [0.29, 0.717) is 30.4 Å². The van der Waals surface area contributed by atoms with Crippen molar-refractivity contribution in [1.29, 1.82) is 0 Å². The number of fused-ring (bicyclic) bond motifs is 1. The van der Waals surface area contributed by atoms with Crippen LogP contribution < -0.4 is 20.1 Å². The Morgan fingerprint density at radius 1 is 1.00 bits per heavy atom. The molecule has 1 heterocycles. The summed E-state index contributed by atoms with van der Waals surface area (Å²) in [6.07, 6.45) is 0. The van der Waals surface area contributed by atoms with Gasteiger partial charge >= 0.3 is 0 Å². The maximum atomic E-state index is 12.3. The molecule has 0 fully saturated rings. The molecule has 1 atom stereocenters. The first-order valence-corrected chi connectivity index (χ1v) is 7.65. The summed E-state index contributed by atoms with van der Waals surface area (Å²) in [6.45, 7) is 4.93. The molecule has 0 radical (unpaired) electrons. The summed E-state index contributed by atoms with van der Waals surface area (Å²) in [5, 5.41) is 6.07. The van der Waals surface area contributed by atoms with E-state index in [1.165, 1.54) is 5.56 Å². The highest BCUT2D eigenvalue weighted by Gasteiger charge is 2.16. The van der Waals surface area contributed by atoms with E-state index in [2.05, 4.69) is 10.6 Å². The minimum absolute atomic E-state index is 0.109. The number of carbonyl (C=O) groups is 1. The lowest BCUT2D eigenvalue weighted by atomic mass is 10.2. The van der Waals surface area contributed by atoms with Crippen LogP contribution in [0.3, 0.4) is 0 Å². The summed E-state index contributed by atoms with van der Waals surface area (Å²) in [5.41, 5.74) is 2.79. The van der Waals surface area contributed by atoms with Gasteiger partial charge < -0.3 is 20.1 Å². The van der Waals surface area contributed by atoms with Gasteiger partial charge in [-0.05, 0) is 38.1 Å². The zero-order valence-electron chi connectivity index (χ0n) is 13.3. The van der Waals surface area contributed by atoms with Crippen LogP contribution in [0.25, 0.3) is 0 Å². The molecule has 2 N–H and O–H groups in total. The van der Waals surface area contributed by atoms with Crippen molar-refractivity contribution in [3.05, 3.63) is 48.0 Å². The van der Waals surface area contributed by atoms with E-state index in [1.54, 1.807) is 6.07 Å². The van der Waals surface area contributed by atoms with Crippen molar-refractivity contribution in [2.45, 2.75) is 19.9 Å². The molecular weight excluding hydrogens is 292 g/mol. The van der Waals surface area contributed by atoms with Gasteiger partial charge in [0.05, 0.1) is 0 Å². The molecule has 1 aliphatic rings. The van der Waals surface area contributed by atoms with E-state index >= 15 is 0 Å². The first kappa shape index (κ1) is 15.2. The highest BCUT2D eigenvalue weighted by molar-refractivity contribution is 5.96. The van der Waals surface area contributed by atoms with Crippen molar-refractivity contribution < 1.29 is 14.3 Å². The predicted octanol–water partition coefficient (Wildman–Crippen LogP) is 3.21. The van der Waals surface area contributed by atoms with Crippen LogP contribution in [0.15, 0.2) is 42.5 Å². The molecule has 0 saturated carbocycles. The largest absolute Gasteiger partial charge is 0.486 e. The van der Waals surface area contributed by atoms with Crippen LogP contribution in [0.5, 0.6) is 11.5 Å². The number of carbonyl (C=O) groups excluding carboxylic acids is 1.